The molecule has 100 valence electrons. The third-order valence-electron chi connectivity index (χ3n) is 3.81. The monoisotopic (exact) mass is 277 g/mol. The quantitative estimate of drug-likeness (QED) is 0.879. The number of carbonyl (C=O) groups is 1. The molecule has 0 bridgehead atoms. The first kappa shape index (κ1) is 12.3. The maximum Gasteiger partial charge on any atom is 0.303 e. The van der Waals surface area contributed by atoms with Crippen molar-refractivity contribution in [2.45, 2.75) is 25.7 Å². The molecule has 1 saturated carbocycles. The van der Waals surface area contributed by atoms with Gasteiger partial charge in [0.1, 0.15) is 12.1 Å². The molecule has 5 nitrogen and oxygen atoms in total. The van der Waals surface area contributed by atoms with E-state index in [4.69, 9.17) is 5.11 Å². The van der Waals surface area contributed by atoms with Gasteiger partial charge in [-0.2, -0.15) is 0 Å². The van der Waals surface area contributed by atoms with Gasteiger partial charge in [-0.05, 0) is 29.7 Å². The lowest BCUT2D eigenvalue weighted by Crippen LogP contribution is -2.38. The van der Waals surface area contributed by atoms with Crippen LogP contribution < -0.4 is 5.32 Å². The Morgan fingerprint density at radius 2 is 2.32 bits per heavy atom. The Bertz CT molecular complexity index is 607. The maximum atomic E-state index is 10.9. The van der Waals surface area contributed by atoms with E-state index in [0.29, 0.717) is 6.54 Å². The number of anilines is 1. The average Bonchev–Trinajstić information content (AvgIpc) is 2.80. The first-order valence-corrected chi connectivity index (χ1v) is 7.20. The van der Waals surface area contributed by atoms with Gasteiger partial charge in [0.2, 0.25) is 0 Å². The number of aliphatic carboxylic acids is 1. The van der Waals surface area contributed by atoms with Crippen LogP contribution in [-0.4, -0.2) is 27.6 Å². The minimum Gasteiger partial charge on any atom is -0.481 e. The number of rotatable bonds is 5. The zero-order chi connectivity index (χ0) is 13.3. The fourth-order valence-corrected chi connectivity index (χ4v) is 3.41. The number of hydrogen-bond donors (Lipinski definition) is 2. The van der Waals surface area contributed by atoms with Crippen LogP contribution in [0.25, 0.3) is 10.2 Å². The van der Waals surface area contributed by atoms with Crippen molar-refractivity contribution in [1.29, 1.82) is 0 Å². The van der Waals surface area contributed by atoms with E-state index in [2.05, 4.69) is 15.3 Å². The molecule has 0 saturated heterocycles. The van der Waals surface area contributed by atoms with Crippen LogP contribution in [0.1, 0.15) is 25.7 Å². The van der Waals surface area contributed by atoms with Gasteiger partial charge in [0.05, 0.1) is 16.6 Å². The number of aromatic nitrogens is 2. The van der Waals surface area contributed by atoms with Gasteiger partial charge in [0.25, 0.3) is 0 Å². The lowest BCUT2D eigenvalue weighted by Gasteiger charge is -2.41. The van der Waals surface area contributed by atoms with Crippen LogP contribution in [0.15, 0.2) is 17.8 Å². The zero-order valence-electron chi connectivity index (χ0n) is 10.4. The number of hydrogen-bond acceptors (Lipinski definition) is 5. The summed E-state index contributed by atoms with van der Waals surface area (Å²) in [4.78, 5) is 19.4. The Morgan fingerprint density at radius 3 is 3.00 bits per heavy atom. The van der Waals surface area contributed by atoms with Crippen molar-refractivity contribution >= 4 is 33.3 Å². The molecule has 2 aromatic rings. The summed E-state index contributed by atoms with van der Waals surface area (Å²) in [6.07, 6.45) is 4.85. The highest BCUT2D eigenvalue weighted by atomic mass is 32.1. The summed E-state index contributed by atoms with van der Waals surface area (Å²) in [7, 11) is 0. The highest BCUT2D eigenvalue weighted by Gasteiger charge is 2.38. The second kappa shape index (κ2) is 4.77. The Morgan fingerprint density at radius 1 is 1.47 bits per heavy atom. The van der Waals surface area contributed by atoms with Crippen LogP contribution in [0, 0.1) is 5.41 Å². The molecule has 19 heavy (non-hydrogen) atoms. The van der Waals surface area contributed by atoms with E-state index in [-0.39, 0.29) is 11.8 Å². The van der Waals surface area contributed by atoms with Crippen molar-refractivity contribution in [3.63, 3.8) is 0 Å². The van der Waals surface area contributed by atoms with Crippen molar-refractivity contribution in [2.75, 3.05) is 11.9 Å². The fourth-order valence-electron chi connectivity index (χ4n) is 2.60. The molecular weight excluding hydrogens is 262 g/mol. The molecule has 2 aromatic heterocycles. The predicted molar refractivity (Wildman–Crippen MR) is 74.4 cm³/mol. The molecule has 0 amide bonds. The normalized spacial score (nSPS) is 17.1. The van der Waals surface area contributed by atoms with E-state index in [1.54, 1.807) is 17.7 Å². The van der Waals surface area contributed by atoms with E-state index in [1.165, 1.54) is 0 Å². The summed E-state index contributed by atoms with van der Waals surface area (Å²) in [6.45, 7) is 0.670. The summed E-state index contributed by atoms with van der Waals surface area (Å²) in [6, 6.07) is 1.96. The molecular formula is C13H15N3O2S. The van der Waals surface area contributed by atoms with E-state index in [1.807, 2.05) is 11.4 Å². The molecule has 0 aromatic carbocycles. The Kier molecular flexibility index (Phi) is 3.10. The summed E-state index contributed by atoms with van der Waals surface area (Å²) in [5.74, 6) is 0.0992. The van der Waals surface area contributed by atoms with E-state index >= 15 is 0 Å². The van der Waals surface area contributed by atoms with Gasteiger partial charge < -0.3 is 10.4 Å². The maximum absolute atomic E-state index is 10.9. The number of nitrogens with zero attached hydrogens (tertiary/aromatic N) is 2. The smallest absolute Gasteiger partial charge is 0.303 e. The molecule has 0 radical (unpaired) electrons. The third-order valence-corrected chi connectivity index (χ3v) is 4.72. The molecule has 1 aliphatic carbocycles. The SMILES string of the molecule is O=C(O)CC1(CNc2ncnc3ccsc23)CCC1. The molecule has 0 aliphatic heterocycles. The lowest BCUT2D eigenvalue weighted by atomic mass is 9.66. The number of carboxylic acid groups (broad SMARTS) is 1. The van der Waals surface area contributed by atoms with E-state index in [9.17, 15) is 4.79 Å². The first-order chi connectivity index (χ1) is 9.19. The van der Waals surface area contributed by atoms with Crippen molar-refractivity contribution in [2.24, 2.45) is 5.41 Å². The predicted octanol–water partition coefficient (Wildman–Crippen LogP) is 2.75. The van der Waals surface area contributed by atoms with Crippen molar-refractivity contribution < 1.29 is 9.90 Å². The van der Waals surface area contributed by atoms with Gasteiger partial charge in [-0.3, -0.25) is 4.79 Å². The van der Waals surface area contributed by atoms with Crippen molar-refractivity contribution in [3.8, 4) is 0 Å². The summed E-state index contributed by atoms with van der Waals surface area (Å²) >= 11 is 1.60. The summed E-state index contributed by atoms with van der Waals surface area (Å²) in [5.41, 5.74) is 0.837. The van der Waals surface area contributed by atoms with Gasteiger partial charge in [0.15, 0.2) is 0 Å². The third kappa shape index (κ3) is 2.40. The molecule has 6 heteroatoms. The van der Waals surface area contributed by atoms with Crippen molar-refractivity contribution in [1.82, 2.24) is 9.97 Å². The second-order valence-corrected chi connectivity index (χ2v) is 6.05. The number of thiophene rings is 1. The Labute approximate surface area is 114 Å². The molecule has 2 heterocycles. The molecule has 0 atom stereocenters. The van der Waals surface area contributed by atoms with Crippen molar-refractivity contribution in [3.05, 3.63) is 17.8 Å². The topological polar surface area (TPSA) is 75.1 Å². The number of fused-ring (bicyclic) bond motifs is 1. The standard InChI is InChI=1S/C13H15N3O2S/c17-10(18)6-13(3-1-4-13)7-14-12-11-9(2-5-19-11)15-8-16-12/h2,5,8H,1,3-4,6-7H2,(H,17,18)(H,14,15,16). The van der Waals surface area contributed by atoms with Crippen LogP contribution in [0.2, 0.25) is 0 Å². The largest absolute Gasteiger partial charge is 0.481 e. The van der Waals surface area contributed by atoms with Crippen LogP contribution in [-0.2, 0) is 4.79 Å². The Balaban J connectivity index is 1.75. The van der Waals surface area contributed by atoms with Crippen LogP contribution in [0.3, 0.4) is 0 Å². The summed E-state index contributed by atoms with van der Waals surface area (Å²) in [5, 5.41) is 14.3. The molecule has 2 N–H and O–H groups in total. The van der Waals surface area contributed by atoms with E-state index in [0.717, 1.165) is 35.3 Å². The molecule has 0 unspecified atom stereocenters. The molecule has 1 aliphatic rings. The summed E-state index contributed by atoms with van der Waals surface area (Å²) < 4.78 is 1.03. The minimum absolute atomic E-state index is 0.0969. The first-order valence-electron chi connectivity index (χ1n) is 6.32. The lowest BCUT2D eigenvalue weighted by molar-refractivity contribution is -0.141. The average molecular weight is 277 g/mol. The molecule has 3 rings (SSSR count). The van der Waals surface area contributed by atoms with Crippen LogP contribution >= 0.6 is 11.3 Å². The second-order valence-electron chi connectivity index (χ2n) is 5.13. The highest BCUT2D eigenvalue weighted by molar-refractivity contribution is 7.17. The van der Waals surface area contributed by atoms with Crippen LogP contribution in [0.5, 0.6) is 0 Å². The molecule has 0 spiro atoms. The van der Waals surface area contributed by atoms with Crippen LogP contribution in [0.4, 0.5) is 5.82 Å². The fraction of sp³-hybridized carbons (Fsp3) is 0.462. The zero-order valence-corrected chi connectivity index (χ0v) is 11.2. The number of carboxylic acids is 1. The molecule has 1 fully saturated rings. The highest BCUT2D eigenvalue weighted by Crippen LogP contribution is 2.44. The van der Waals surface area contributed by atoms with Gasteiger partial charge in [0, 0.05) is 6.54 Å². The number of nitrogens with one attached hydrogen (secondary N) is 1. The van der Waals surface area contributed by atoms with Gasteiger partial charge in [-0.15, -0.1) is 11.3 Å². The van der Waals surface area contributed by atoms with Gasteiger partial charge in [-0.25, -0.2) is 9.97 Å². The minimum atomic E-state index is -0.717. The van der Waals surface area contributed by atoms with E-state index < -0.39 is 5.97 Å². The Hall–Kier alpha value is -1.69. The van der Waals surface area contributed by atoms with Gasteiger partial charge >= 0.3 is 5.97 Å². The van der Waals surface area contributed by atoms with Gasteiger partial charge in [-0.1, -0.05) is 6.42 Å².